The predicted octanol–water partition coefficient (Wildman–Crippen LogP) is 4.24. The van der Waals surface area contributed by atoms with Crippen molar-refractivity contribution in [3.63, 3.8) is 0 Å². The van der Waals surface area contributed by atoms with E-state index in [0.29, 0.717) is 60.9 Å². The highest BCUT2D eigenvalue weighted by Gasteiger charge is 2.33. The Hall–Kier alpha value is -2.73. The summed E-state index contributed by atoms with van der Waals surface area (Å²) in [6.45, 7) is 4.28. The molecule has 1 aliphatic rings. The first kappa shape index (κ1) is 31.8. The minimum Gasteiger partial charge on any atom is -0.493 e. The van der Waals surface area contributed by atoms with Gasteiger partial charge in [0.25, 0.3) is 0 Å². The van der Waals surface area contributed by atoms with E-state index in [-0.39, 0.29) is 47.9 Å². The average Bonchev–Trinajstić information content (AvgIpc) is 3.45. The molecule has 1 heterocycles. The molecule has 2 N–H and O–H groups in total. The van der Waals surface area contributed by atoms with Crippen LogP contribution in [0, 0.1) is 0 Å². The van der Waals surface area contributed by atoms with Crippen molar-refractivity contribution in [1.82, 2.24) is 5.32 Å². The fourth-order valence-corrected chi connectivity index (χ4v) is 6.39. The van der Waals surface area contributed by atoms with Gasteiger partial charge in [0, 0.05) is 19.1 Å². The van der Waals surface area contributed by atoms with Crippen LogP contribution in [-0.4, -0.2) is 73.5 Å². The number of nitrogens with one attached hydrogen (secondary N) is 1. The number of hydrogen-bond donors (Lipinski definition) is 2. The number of methoxy groups -OCH3 is 3. The SMILES string of the molecule is CCCOc1c(OCCCO)cc([C@@H]2CC[C@@H](c3cc(OC)c(OC)c(OC)c3)O2)cc1S(=O)(=O)CC(C)NC. The molecule has 0 aromatic heterocycles. The third-order valence-electron chi connectivity index (χ3n) is 6.80. The molecule has 1 unspecified atom stereocenters. The molecule has 0 saturated carbocycles. The van der Waals surface area contributed by atoms with E-state index in [9.17, 15) is 13.5 Å². The minimum absolute atomic E-state index is 0.0438. The number of sulfone groups is 1. The molecule has 1 saturated heterocycles. The highest BCUT2D eigenvalue weighted by Crippen LogP contribution is 2.48. The molecule has 1 fully saturated rings. The summed E-state index contributed by atoms with van der Waals surface area (Å²) >= 11 is 0. The van der Waals surface area contributed by atoms with E-state index >= 15 is 0 Å². The predicted molar refractivity (Wildman–Crippen MR) is 152 cm³/mol. The summed E-state index contributed by atoms with van der Waals surface area (Å²) in [5.41, 5.74) is 1.56. The molecular weight excluding hydrogens is 538 g/mol. The van der Waals surface area contributed by atoms with E-state index in [1.165, 1.54) is 0 Å². The van der Waals surface area contributed by atoms with E-state index in [2.05, 4.69) is 5.32 Å². The standard InChI is InChI=1S/C29H43NO9S/c1-7-12-38-29-26(37-13-8-11-31)16-21(17-27(29)40(32,33)18-19(2)30-3)23-10-9-22(39-23)20-14-24(34-4)28(36-6)25(15-20)35-5/h14-17,19,22-23,30-31H,7-13,18H2,1-6H3/t19?,22-,23-/m0/s1. The Morgan fingerprint density at radius 2 is 1.52 bits per heavy atom. The van der Waals surface area contributed by atoms with Crippen molar-refractivity contribution in [2.45, 2.75) is 62.7 Å². The second kappa shape index (κ2) is 14.8. The molecule has 2 aromatic carbocycles. The Bertz CT molecular complexity index is 1190. The molecule has 3 rings (SSSR count). The Morgan fingerprint density at radius 3 is 2.05 bits per heavy atom. The van der Waals surface area contributed by atoms with Gasteiger partial charge in [0.2, 0.25) is 5.75 Å². The van der Waals surface area contributed by atoms with Crippen molar-refractivity contribution in [3.05, 3.63) is 35.4 Å². The van der Waals surface area contributed by atoms with Crippen LogP contribution in [0.15, 0.2) is 29.2 Å². The Labute approximate surface area is 237 Å². The van der Waals surface area contributed by atoms with Gasteiger partial charge in [-0.15, -0.1) is 0 Å². The Morgan fingerprint density at radius 1 is 0.925 bits per heavy atom. The van der Waals surface area contributed by atoms with Gasteiger partial charge in [0.15, 0.2) is 32.8 Å². The van der Waals surface area contributed by atoms with Crippen molar-refractivity contribution in [3.8, 4) is 28.7 Å². The van der Waals surface area contributed by atoms with Crippen LogP contribution >= 0.6 is 0 Å². The summed E-state index contributed by atoms with van der Waals surface area (Å²) in [6, 6.07) is 6.93. The molecular formula is C29H43NO9S. The molecule has 2 aromatic rings. The van der Waals surface area contributed by atoms with Gasteiger partial charge < -0.3 is 38.8 Å². The second-order valence-electron chi connectivity index (χ2n) is 9.74. The maximum absolute atomic E-state index is 13.6. The van der Waals surface area contributed by atoms with Crippen molar-refractivity contribution < 1.29 is 41.9 Å². The van der Waals surface area contributed by atoms with Crippen LogP contribution in [0.1, 0.15) is 62.9 Å². The van der Waals surface area contributed by atoms with Crippen molar-refractivity contribution in [2.24, 2.45) is 0 Å². The van der Waals surface area contributed by atoms with Crippen LogP contribution in [0.25, 0.3) is 0 Å². The van der Waals surface area contributed by atoms with Gasteiger partial charge in [-0.25, -0.2) is 8.42 Å². The lowest BCUT2D eigenvalue weighted by Crippen LogP contribution is -2.30. The fraction of sp³-hybridized carbons (Fsp3) is 0.586. The largest absolute Gasteiger partial charge is 0.493 e. The molecule has 1 aliphatic heterocycles. The van der Waals surface area contributed by atoms with E-state index in [0.717, 1.165) is 5.56 Å². The lowest BCUT2D eigenvalue weighted by Gasteiger charge is -2.22. The zero-order valence-corrected chi connectivity index (χ0v) is 25.1. The summed E-state index contributed by atoms with van der Waals surface area (Å²) in [4.78, 5) is 0.0828. The van der Waals surface area contributed by atoms with E-state index < -0.39 is 9.84 Å². The maximum atomic E-state index is 13.6. The first-order valence-corrected chi connectivity index (χ1v) is 15.3. The Balaban J connectivity index is 2.03. The van der Waals surface area contributed by atoms with Gasteiger partial charge in [-0.2, -0.15) is 0 Å². The molecule has 224 valence electrons. The van der Waals surface area contributed by atoms with Crippen molar-refractivity contribution >= 4 is 9.84 Å². The van der Waals surface area contributed by atoms with Crippen LogP contribution in [-0.2, 0) is 14.6 Å². The minimum atomic E-state index is -3.75. The van der Waals surface area contributed by atoms with E-state index in [1.54, 1.807) is 40.5 Å². The van der Waals surface area contributed by atoms with Crippen LogP contribution in [0.3, 0.4) is 0 Å². The highest BCUT2D eigenvalue weighted by atomic mass is 32.2. The monoisotopic (exact) mass is 581 g/mol. The van der Waals surface area contributed by atoms with Crippen LogP contribution in [0.5, 0.6) is 28.7 Å². The van der Waals surface area contributed by atoms with Gasteiger partial charge in [-0.3, -0.25) is 0 Å². The van der Waals surface area contributed by atoms with Crippen LogP contribution < -0.4 is 29.0 Å². The number of hydrogen-bond acceptors (Lipinski definition) is 10. The summed E-state index contributed by atoms with van der Waals surface area (Å²) in [5, 5.41) is 12.3. The number of aliphatic hydroxyl groups is 1. The van der Waals surface area contributed by atoms with Gasteiger partial charge in [-0.1, -0.05) is 6.92 Å². The maximum Gasteiger partial charge on any atom is 0.203 e. The zero-order chi connectivity index (χ0) is 29.3. The number of aliphatic hydroxyl groups excluding tert-OH is 1. The summed E-state index contributed by atoms with van der Waals surface area (Å²) in [5.74, 6) is 1.99. The number of rotatable bonds is 16. The highest BCUT2D eigenvalue weighted by molar-refractivity contribution is 7.91. The lowest BCUT2D eigenvalue weighted by molar-refractivity contribution is 0.0434. The van der Waals surface area contributed by atoms with Gasteiger partial charge in [0.1, 0.15) is 4.90 Å². The Kier molecular flexibility index (Phi) is 11.7. The normalized spacial score (nSPS) is 17.9. The smallest absolute Gasteiger partial charge is 0.203 e. The summed E-state index contributed by atoms with van der Waals surface area (Å²) in [6.07, 6.45) is 1.83. The topological polar surface area (TPSA) is 122 Å². The van der Waals surface area contributed by atoms with Crippen LogP contribution in [0.4, 0.5) is 0 Å². The summed E-state index contributed by atoms with van der Waals surface area (Å²) < 4.78 is 62.1. The molecule has 3 atom stereocenters. The van der Waals surface area contributed by atoms with Gasteiger partial charge >= 0.3 is 0 Å². The fourth-order valence-electron chi connectivity index (χ4n) is 4.63. The molecule has 11 heteroatoms. The molecule has 0 amide bonds. The quantitative estimate of drug-likeness (QED) is 0.279. The third-order valence-corrected chi connectivity index (χ3v) is 8.71. The first-order valence-electron chi connectivity index (χ1n) is 13.6. The van der Waals surface area contributed by atoms with Crippen LogP contribution in [0.2, 0.25) is 0 Å². The van der Waals surface area contributed by atoms with Crippen molar-refractivity contribution in [1.29, 1.82) is 0 Å². The summed E-state index contributed by atoms with van der Waals surface area (Å²) in [7, 11) is 2.66. The third kappa shape index (κ3) is 7.51. The average molecular weight is 582 g/mol. The zero-order valence-electron chi connectivity index (χ0n) is 24.3. The molecule has 0 aliphatic carbocycles. The first-order chi connectivity index (χ1) is 19.2. The molecule has 0 spiro atoms. The van der Waals surface area contributed by atoms with E-state index in [4.69, 9.17) is 28.4 Å². The van der Waals surface area contributed by atoms with Crippen molar-refractivity contribution in [2.75, 3.05) is 54.0 Å². The van der Waals surface area contributed by atoms with Gasteiger partial charge in [-0.05, 0) is 68.6 Å². The second-order valence-corrected chi connectivity index (χ2v) is 11.7. The molecule has 0 radical (unpaired) electrons. The number of ether oxygens (including phenoxy) is 6. The van der Waals surface area contributed by atoms with E-state index in [1.807, 2.05) is 26.0 Å². The van der Waals surface area contributed by atoms with Gasteiger partial charge in [0.05, 0.1) is 52.5 Å². The molecule has 40 heavy (non-hydrogen) atoms. The molecule has 0 bridgehead atoms. The number of benzene rings is 2. The lowest BCUT2D eigenvalue weighted by atomic mass is 10.0. The molecule has 10 nitrogen and oxygen atoms in total.